The molecular formula is C22H18ClFN4O2. The molecule has 0 aliphatic heterocycles. The number of aryl methyl sites for hydroxylation is 1. The molecule has 4 rings (SSSR count). The zero-order chi connectivity index (χ0) is 21.3. The van der Waals surface area contributed by atoms with Crippen molar-refractivity contribution in [2.24, 2.45) is 0 Å². The van der Waals surface area contributed by atoms with Crippen molar-refractivity contribution < 1.29 is 13.6 Å². The van der Waals surface area contributed by atoms with Crippen molar-refractivity contribution in [3.63, 3.8) is 0 Å². The van der Waals surface area contributed by atoms with Crippen LogP contribution in [-0.2, 0) is 6.54 Å². The fourth-order valence-electron chi connectivity index (χ4n) is 3.14. The summed E-state index contributed by atoms with van der Waals surface area (Å²) in [5.41, 5.74) is 8.45. The van der Waals surface area contributed by atoms with Crippen molar-refractivity contribution in [1.82, 2.24) is 4.98 Å². The zero-order valence-electron chi connectivity index (χ0n) is 16.0. The van der Waals surface area contributed by atoms with Crippen molar-refractivity contribution in [2.45, 2.75) is 13.5 Å². The maximum Gasteiger partial charge on any atom is 0.291 e. The summed E-state index contributed by atoms with van der Waals surface area (Å²) in [6, 6.07) is 13.0. The highest BCUT2D eigenvalue weighted by Crippen LogP contribution is 2.28. The third-order valence-electron chi connectivity index (χ3n) is 4.72. The lowest BCUT2D eigenvalue weighted by Crippen LogP contribution is -2.13. The van der Waals surface area contributed by atoms with Gasteiger partial charge in [0.1, 0.15) is 17.2 Å². The molecular weight excluding hydrogens is 407 g/mol. The van der Waals surface area contributed by atoms with Gasteiger partial charge in [-0.2, -0.15) is 0 Å². The number of furan rings is 1. The summed E-state index contributed by atoms with van der Waals surface area (Å²) >= 11 is 6.03. The molecule has 0 unspecified atom stereocenters. The highest BCUT2D eigenvalue weighted by molar-refractivity contribution is 6.31. The van der Waals surface area contributed by atoms with E-state index < -0.39 is 11.7 Å². The number of benzene rings is 2. The summed E-state index contributed by atoms with van der Waals surface area (Å²) in [7, 11) is 0. The summed E-state index contributed by atoms with van der Waals surface area (Å²) in [4.78, 5) is 16.7. The van der Waals surface area contributed by atoms with Crippen molar-refractivity contribution in [1.29, 1.82) is 0 Å². The first kappa shape index (κ1) is 19.7. The van der Waals surface area contributed by atoms with Crippen molar-refractivity contribution in [2.75, 3.05) is 16.4 Å². The molecule has 6 nitrogen and oxygen atoms in total. The molecule has 4 aromatic rings. The second-order valence-electron chi connectivity index (χ2n) is 6.75. The van der Waals surface area contributed by atoms with E-state index in [4.69, 9.17) is 21.8 Å². The predicted octanol–water partition coefficient (Wildman–Crippen LogP) is 5.38. The number of rotatable bonds is 5. The van der Waals surface area contributed by atoms with Crippen LogP contribution in [0, 0.1) is 12.7 Å². The number of aromatic nitrogens is 1. The number of carbonyl (C=O) groups is 1. The van der Waals surface area contributed by atoms with Gasteiger partial charge in [0.15, 0.2) is 5.76 Å². The van der Waals surface area contributed by atoms with Crippen LogP contribution in [0.3, 0.4) is 0 Å². The lowest BCUT2D eigenvalue weighted by atomic mass is 10.1. The quantitative estimate of drug-likeness (QED) is 0.400. The fourth-order valence-corrected chi connectivity index (χ4v) is 3.32. The molecule has 1 amide bonds. The number of nitrogen functional groups attached to an aromatic ring is 1. The summed E-state index contributed by atoms with van der Waals surface area (Å²) < 4.78 is 19.9. The van der Waals surface area contributed by atoms with E-state index in [0.29, 0.717) is 38.9 Å². The number of carbonyl (C=O) groups excluding carboxylic acids is 1. The van der Waals surface area contributed by atoms with Crippen molar-refractivity contribution in [3.8, 4) is 0 Å². The molecule has 0 atom stereocenters. The monoisotopic (exact) mass is 424 g/mol. The molecule has 4 N–H and O–H groups in total. The van der Waals surface area contributed by atoms with Crippen LogP contribution in [0.2, 0.25) is 5.02 Å². The highest BCUT2D eigenvalue weighted by Gasteiger charge is 2.18. The van der Waals surface area contributed by atoms with Crippen LogP contribution in [0.5, 0.6) is 0 Å². The van der Waals surface area contributed by atoms with Gasteiger partial charge in [0, 0.05) is 40.0 Å². The number of fused-ring (bicyclic) bond motifs is 1. The van der Waals surface area contributed by atoms with Gasteiger partial charge in [0.2, 0.25) is 0 Å². The van der Waals surface area contributed by atoms with Gasteiger partial charge in [-0.3, -0.25) is 4.79 Å². The highest BCUT2D eigenvalue weighted by atomic mass is 35.5. The Morgan fingerprint density at radius 2 is 2.07 bits per heavy atom. The van der Waals surface area contributed by atoms with Crippen LogP contribution < -0.4 is 16.4 Å². The molecule has 0 saturated carbocycles. The van der Waals surface area contributed by atoms with Gasteiger partial charge >= 0.3 is 0 Å². The van der Waals surface area contributed by atoms with Crippen molar-refractivity contribution in [3.05, 3.63) is 82.5 Å². The molecule has 0 radical (unpaired) electrons. The van der Waals surface area contributed by atoms with Crippen LogP contribution in [0.15, 0.2) is 59.1 Å². The first-order valence-electron chi connectivity index (χ1n) is 9.15. The van der Waals surface area contributed by atoms with Gasteiger partial charge in [-0.1, -0.05) is 11.6 Å². The van der Waals surface area contributed by atoms with Gasteiger partial charge in [0.25, 0.3) is 5.91 Å². The number of hydrogen-bond donors (Lipinski definition) is 3. The summed E-state index contributed by atoms with van der Waals surface area (Å²) in [6.07, 6.45) is 1.57. The van der Waals surface area contributed by atoms with E-state index in [-0.39, 0.29) is 12.3 Å². The SMILES string of the molecule is Cc1c(C(=O)Nc2ccc(F)c(CNc3cccnc3N)c2)oc2ccc(Cl)cc12. The molecule has 2 aromatic carbocycles. The number of pyridine rings is 1. The van der Waals surface area contributed by atoms with E-state index in [1.165, 1.54) is 12.1 Å². The molecule has 2 aromatic heterocycles. The first-order valence-corrected chi connectivity index (χ1v) is 9.53. The molecule has 0 bridgehead atoms. The lowest BCUT2D eigenvalue weighted by molar-refractivity contribution is 0.0998. The Kier molecular flexibility index (Phi) is 5.29. The standard InChI is InChI=1S/C22H18ClFN4O2/c1-12-16-10-14(23)4-7-19(16)30-20(12)22(29)28-15-5-6-17(24)13(9-15)11-27-18-3-2-8-26-21(18)25/h2-10,27H,11H2,1H3,(H2,25,26)(H,28,29). The second-order valence-corrected chi connectivity index (χ2v) is 7.18. The predicted molar refractivity (Wildman–Crippen MR) is 116 cm³/mol. The molecule has 0 aliphatic carbocycles. The Bertz CT molecular complexity index is 1260. The zero-order valence-corrected chi connectivity index (χ0v) is 16.8. The maximum absolute atomic E-state index is 14.2. The maximum atomic E-state index is 14.2. The van der Waals surface area contributed by atoms with Gasteiger partial charge in [0.05, 0.1) is 5.69 Å². The van der Waals surface area contributed by atoms with Crippen LogP contribution >= 0.6 is 11.6 Å². The second kappa shape index (κ2) is 8.04. The normalized spacial score (nSPS) is 10.9. The van der Waals surface area contributed by atoms with Crippen molar-refractivity contribution >= 4 is 45.7 Å². The lowest BCUT2D eigenvalue weighted by Gasteiger charge is -2.11. The van der Waals surface area contributed by atoms with E-state index in [1.54, 1.807) is 49.5 Å². The summed E-state index contributed by atoms with van der Waals surface area (Å²) in [5.74, 6) is -0.332. The van der Waals surface area contributed by atoms with E-state index >= 15 is 0 Å². The first-order chi connectivity index (χ1) is 14.4. The van der Waals surface area contributed by atoms with Gasteiger partial charge < -0.3 is 20.8 Å². The summed E-state index contributed by atoms with van der Waals surface area (Å²) in [6.45, 7) is 1.96. The van der Waals surface area contributed by atoms with E-state index in [9.17, 15) is 9.18 Å². The fraction of sp³-hybridized carbons (Fsp3) is 0.0909. The number of nitrogens with zero attached hydrogens (tertiary/aromatic N) is 1. The van der Waals surface area contributed by atoms with Gasteiger partial charge in [-0.05, 0) is 55.5 Å². The Morgan fingerprint density at radius 1 is 1.23 bits per heavy atom. The minimum Gasteiger partial charge on any atom is -0.451 e. The molecule has 0 fully saturated rings. The van der Waals surface area contributed by atoms with Crippen LogP contribution in [0.25, 0.3) is 11.0 Å². The largest absolute Gasteiger partial charge is 0.451 e. The number of anilines is 3. The minimum absolute atomic E-state index is 0.174. The average molecular weight is 425 g/mol. The number of nitrogens with two attached hydrogens (primary N) is 1. The number of hydrogen-bond acceptors (Lipinski definition) is 5. The molecule has 152 valence electrons. The van der Waals surface area contributed by atoms with Crippen LogP contribution in [0.4, 0.5) is 21.6 Å². The number of amides is 1. The summed E-state index contributed by atoms with van der Waals surface area (Å²) in [5, 5.41) is 7.13. The molecule has 8 heteroatoms. The number of halogens is 2. The topological polar surface area (TPSA) is 93.2 Å². The Labute approximate surface area is 176 Å². The van der Waals surface area contributed by atoms with Crippen LogP contribution in [-0.4, -0.2) is 10.9 Å². The number of nitrogens with one attached hydrogen (secondary N) is 2. The Hall–Kier alpha value is -3.58. The minimum atomic E-state index is -0.429. The van der Waals surface area contributed by atoms with E-state index in [1.807, 2.05) is 0 Å². The van der Waals surface area contributed by atoms with E-state index in [2.05, 4.69) is 15.6 Å². The average Bonchev–Trinajstić information content (AvgIpc) is 3.05. The van der Waals surface area contributed by atoms with Gasteiger partial charge in [-0.25, -0.2) is 9.37 Å². The van der Waals surface area contributed by atoms with Crippen LogP contribution in [0.1, 0.15) is 21.7 Å². The molecule has 0 aliphatic rings. The van der Waals surface area contributed by atoms with Gasteiger partial charge in [-0.15, -0.1) is 0 Å². The Balaban J connectivity index is 1.54. The molecule has 0 spiro atoms. The molecule has 2 heterocycles. The third-order valence-corrected chi connectivity index (χ3v) is 4.95. The smallest absolute Gasteiger partial charge is 0.291 e. The Morgan fingerprint density at radius 3 is 2.87 bits per heavy atom. The third kappa shape index (κ3) is 3.92. The molecule has 0 saturated heterocycles. The molecule has 30 heavy (non-hydrogen) atoms. The van der Waals surface area contributed by atoms with E-state index in [0.717, 1.165) is 5.39 Å².